The highest BCUT2D eigenvalue weighted by atomic mass is 14.5. The molecule has 2 N–H and O–H groups in total. The van der Waals surface area contributed by atoms with Gasteiger partial charge in [-0.3, -0.25) is 0 Å². The molecule has 0 aromatic heterocycles. The molecule has 2 unspecified atom stereocenters. The molecule has 0 saturated heterocycles. The minimum absolute atomic E-state index is 0.768. The summed E-state index contributed by atoms with van der Waals surface area (Å²) in [5.74, 6) is 1.65. The Bertz CT molecular complexity index is 76.9. The molecule has 2 atom stereocenters. The van der Waals surface area contributed by atoms with Gasteiger partial charge in [0.25, 0.3) is 0 Å². The van der Waals surface area contributed by atoms with E-state index in [0.717, 1.165) is 18.4 Å². The molecular formula is C10H23N. The van der Waals surface area contributed by atoms with E-state index in [0.29, 0.717) is 0 Å². The second kappa shape index (κ2) is 6.66. The first-order valence-electron chi connectivity index (χ1n) is 4.94. The highest BCUT2D eigenvalue weighted by molar-refractivity contribution is 4.60. The smallest absolute Gasteiger partial charge is 0.00490 e. The Morgan fingerprint density at radius 3 is 2.09 bits per heavy atom. The third kappa shape index (κ3) is 5.25. The van der Waals surface area contributed by atoms with E-state index in [1.807, 2.05) is 0 Å². The summed E-state index contributed by atoms with van der Waals surface area (Å²) in [6, 6.07) is 0. The van der Waals surface area contributed by atoms with Crippen LogP contribution in [0.5, 0.6) is 0 Å². The van der Waals surface area contributed by atoms with Gasteiger partial charge in [0.15, 0.2) is 0 Å². The number of hydrogen-bond acceptors (Lipinski definition) is 1. The van der Waals surface area contributed by atoms with Gasteiger partial charge in [0.1, 0.15) is 0 Å². The highest BCUT2D eigenvalue weighted by Gasteiger charge is 2.05. The van der Waals surface area contributed by atoms with Crippen molar-refractivity contribution in [1.29, 1.82) is 0 Å². The van der Waals surface area contributed by atoms with Gasteiger partial charge in [-0.2, -0.15) is 0 Å². The summed E-state index contributed by atoms with van der Waals surface area (Å²) in [5, 5.41) is 0. The van der Waals surface area contributed by atoms with E-state index < -0.39 is 0 Å². The molecule has 0 aromatic carbocycles. The lowest BCUT2D eigenvalue weighted by Crippen LogP contribution is -2.14. The molecule has 0 aromatic rings. The lowest BCUT2D eigenvalue weighted by Gasteiger charge is -2.14. The molecule has 0 amide bonds. The normalized spacial score (nSPS) is 16.4. The molecule has 0 saturated carbocycles. The molecule has 0 radical (unpaired) electrons. The lowest BCUT2D eigenvalue weighted by molar-refractivity contribution is 0.400. The summed E-state index contributed by atoms with van der Waals surface area (Å²) < 4.78 is 0. The van der Waals surface area contributed by atoms with Gasteiger partial charge in [0, 0.05) is 0 Å². The maximum atomic E-state index is 5.61. The van der Waals surface area contributed by atoms with Crippen molar-refractivity contribution in [1.82, 2.24) is 0 Å². The van der Waals surface area contributed by atoms with Crippen LogP contribution < -0.4 is 5.73 Å². The first kappa shape index (κ1) is 11.0. The van der Waals surface area contributed by atoms with Crippen LogP contribution in [0.2, 0.25) is 0 Å². The Balaban J connectivity index is 3.34. The molecule has 68 valence electrons. The van der Waals surface area contributed by atoms with E-state index in [2.05, 4.69) is 20.8 Å². The quantitative estimate of drug-likeness (QED) is 0.630. The molecule has 11 heavy (non-hydrogen) atoms. The van der Waals surface area contributed by atoms with Crippen LogP contribution in [0.15, 0.2) is 0 Å². The molecule has 0 rings (SSSR count). The third-order valence-electron chi connectivity index (χ3n) is 2.68. The van der Waals surface area contributed by atoms with E-state index in [1.165, 1.54) is 25.7 Å². The van der Waals surface area contributed by atoms with Gasteiger partial charge in [0.05, 0.1) is 0 Å². The fourth-order valence-electron chi connectivity index (χ4n) is 1.21. The van der Waals surface area contributed by atoms with Gasteiger partial charge < -0.3 is 5.73 Å². The number of rotatable bonds is 6. The summed E-state index contributed by atoms with van der Waals surface area (Å²) in [4.78, 5) is 0. The predicted molar refractivity (Wildman–Crippen MR) is 51.5 cm³/mol. The SMILES string of the molecule is CCC(C)CCC(CC)CN. The minimum atomic E-state index is 0.768. The maximum absolute atomic E-state index is 5.61. The second-order valence-corrected chi connectivity index (χ2v) is 3.60. The van der Waals surface area contributed by atoms with Crippen molar-refractivity contribution in [3.63, 3.8) is 0 Å². The van der Waals surface area contributed by atoms with Crippen LogP contribution in [0.3, 0.4) is 0 Å². The summed E-state index contributed by atoms with van der Waals surface area (Å²) >= 11 is 0. The van der Waals surface area contributed by atoms with Crippen molar-refractivity contribution >= 4 is 0 Å². The Morgan fingerprint density at radius 1 is 1.09 bits per heavy atom. The zero-order valence-corrected chi connectivity index (χ0v) is 8.27. The van der Waals surface area contributed by atoms with Crippen molar-refractivity contribution in [3.8, 4) is 0 Å². The first-order chi connectivity index (χ1) is 5.24. The van der Waals surface area contributed by atoms with Crippen LogP contribution in [-0.2, 0) is 0 Å². The highest BCUT2D eigenvalue weighted by Crippen LogP contribution is 2.16. The molecule has 0 aliphatic rings. The van der Waals surface area contributed by atoms with Gasteiger partial charge in [-0.25, -0.2) is 0 Å². The van der Waals surface area contributed by atoms with E-state index in [-0.39, 0.29) is 0 Å². The van der Waals surface area contributed by atoms with Gasteiger partial charge in [-0.15, -0.1) is 0 Å². The Kier molecular flexibility index (Phi) is 6.63. The van der Waals surface area contributed by atoms with Crippen LogP contribution in [0.1, 0.15) is 46.5 Å². The van der Waals surface area contributed by atoms with Crippen LogP contribution >= 0.6 is 0 Å². The van der Waals surface area contributed by atoms with Gasteiger partial charge >= 0.3 is 0 Å². The molecule has 0 aliphatic carbocycles. The summed E-state index contributed by atoms with van der Waals surface area (Å²) in [7, 11) is 0. The summed E-state index contributed by atoms with van der Waals surface area (Å²) in [6.45, 7) is 7.68. The predicted octanol–water partition coefficient (Wildman–Crippen LogP) is 2.80. The van der Waals surface area contributed by atoms with Gasteiger partial charge in [-0.1, -0.05) is 40.0 Å². The van der Waals surface area contributed by atoms with E-state index in [4.69, 9.17) is 5.73 Å². The Hall–Kier alpha value is -0.0400. The summed E-state index contributed by atoms with van der Waals surface area (Å²) in [6.07, 6.45) is 5.22. The van der Waals surface area contributed by atoms with Crippen LogP contribution in [-0.4, -0.2) is 6.54 Å². The Labute approximate surface area is 71.4 Å². The average molecular weight is 157 g/mol. The molecule has 0 bridgehead atoms. The third-order valence-corrected chi connectivity index (χ3v) is 2.68. The molecule has 0 fully saturated rings. The van der Waals surface area contributed by atoms with E-state index in [9.17, 15) is 0 Å². The monoisotopic (exact) mass is 157 g/mol. The van der Waals surface area contributed by atoms with E-state index in [1.54, 1.807) is 0 Å². The van der Waals surface area contributed by atoms with Gasteiger partial charge in [0.2, 0.25) is 0 Å². The van der Waals surface area contributed by atoms with E-state index >= 15 is 0 Å². The largest absolute Gasteiger partial charge is 0.330 e. The topological polar surface area (TPSA) is 26.0 Å². The zero-order chi connectivity index (χ0) is 8.69. The standard InChI is InChI=1S/C10H23N/c1-4-9(3)6-7-10(5-2)8-11/h9-10H,4-8,11H2,1-3H3. The number of hydrogen-bond donors (Lipinski definition) is 1. The van der Waals surface area contributed by atoms with Crippen molar-refractivity contribution in [2.24, 2.45) is 17.6 Å². The first-order valence-corrected chi connectivity index (χ1v) is 4.94. The average Bonchev–Trinajstić information content (AvgIpc) is 2.06. The summed E-state index contributed by atoms with van der Waals surface area (Å²) in [5.41, 5.74) is 5.61. The zero-order valence-electron chi connectivity index (χ0n) is 8.27. The second-order valence-electron chi connectivity index (χ2n) is 3.60. The van der Waals surface area contributed by atoms with Crippen molar-refractivity contribution in [3.05, 3.63) is 0 Å². The molecule has 1 heteroatoms. The van der Waals surface area contributed by atoms with Gasteiger partial charge in [-0.05, 0) is 24.8 Å². The fraction of sp³-hybridized carbons (Fsp3) is 1.00. The molecule has 1 nitrogen and oxygen atoms in total. The Morgan fingerprint density at radius 2 is 1.73 bits per heavy atom. The van der Waals surface area contributed by atoms with Crippen LogP contribution in [0.4, 0.5) is 0 Å². The fourth-order valence-corrected chi connectivity index (χ4v) is 1.21. The van der Waals surface area contributed by atoms with Crippen LogP contribution in [0, 0.1) is 11.8 Å². The van der Waals surface area contributed by atoms with Crippen LogP contribution in [0.25, 0.3) is 0 Å². The lowest BCUT2D eigenvalue weighted by atomic mass is 9.94. The number of nitrogens with two attached hydrogens (primary N) is 1. The minimum Gasteiger partial charge on any atom is -0.330 e. The molecule has 0 aliphatic heterocycles. The molecular weight excluding hydrogens is 134 g/mol. The van der Waals surface area contributed by atoms with Crippen molar-refractivity contribution in [2.45, 2.75) is 46.5 Å². The molecule has 0 spiro atoms. The van der Waals surface area contributed by atoms with Crippen molar-refractivity contribution < 1.29 is 0 Å². The molecule has 0 heterocycles. The maximum Gasteiger partial charge on any atom is -0.00490 e. The van der Waals surface area contributed by atoms with Crippen molar-refractivity contribution in [2.75, 3.05) is 6.54 Å².